The molecule has 4 aromatic rings. The van der Waals surface area contributed by atoms with Crippen molar-refractivity contribution < 1.29 is 9.59 Å². The fourth-order valence-electron chi connectivity index (χ4n) is 5.20. The molecule has 1 fully saturated rings. The summed E-state index contributed by atoms with van der Waals surface area (Å²) in [5, 5.41) is 3.06. The Kier molecular flexibility index (Phi) is 8.49. The number of carbonyl (C=O) groups is 2. The van der Waals surface area contributed by atoms with E-state index in [1.54, 1.807) is 0 Å². The van der Waals surface area contributed by atoms with Crippen molar-refractivity contribution in [2.45, 2.75) is 51.5 Å². The molecular weight excluding hydrogens is 472 g/mol. The second-order valence-electron chi connectivity index (χ2n) is 10.1. The SMILES string of the molecule is O=C(Cc1ccc(-c2ccccc2)cc1)NCCCCCc1nc2ccccc2n1CC(=O)N1CCCC1. The van der Waals surface area contributed by atoms with Gasteiger partial charge in [0.15, 0.2) is 0 Å². The standard InChI is InChI=1S/C32H36N4O2/c37-31(23-25-16-18-27(19-17-25)26-11-3-1-4-12-26)33-20-8-2-5-15-30-34-28-13-6-7-14-29(28)36(30)24-32(38)35-21-9-10-22-35/h1,3-4,6-7,11-14,16-19H,2,5,8-10,15,20-24H2,(H,33,37). The van der Waals surface area contributed by atoms with Crippen LogP contribution >= 0.6 is 0 Å². The predicted molar refractivity (Wildman–Crippen MR) is 152 cm³/mol. The van der Waals surface area contributed by atoms with Gasteiger partial charge in [-0.25, -0.2) is 4.98 Å². The van der Waals surface area contributed by atoms with Crippen molar-refractivity contribution >= 4 is 22.8 Å². The van der Waals surface area contributed by atoms with Gasteiger partial charge in [0.1, 0.15) is 12.4 Å². The molecular formula is C32H36N4O2. The number of likely N-dealkylation sites (tertiary alicyclic amines) is 1. The van der Waals surface area contributed by atoms with Gasteiger partial charge in [0, 0.05) is 26.1 Å². The zero-order chi connectivity index (χ0) is 26.2. The average Bonchev–Trinajstić information content (AvgIpc) is 3.61. The summed E-state index contributed by atoms with van der Waals surface area (Å²) in [6.45, 7) is 2.76. The minimum absolute atomic E-state index is 0.0553. The fourth-order valence-corrected chi connectivity index (χ4v) is 5.20. The molecule has 0 spiro atoms. The van der Waals surface area contributed by atoms with Gasteiger partial charge < -0.3 is 14.8 Å². The molecule has 3 aromatic carbocycles. The highest BCUT2D eigenvalue weighted by atomic mass is 16.2. The average molecular weight is 509 g/mol. The van der Waals surface area contributed by atoms with E-state index in [1.807, 2.05) is 59.5 Å². The lowest BCUT2D eigenvalue weighted by Gasteiger charge is -2.17. The van der Waals surface area contributed by atoms with E-state index < -0.39 is 0 Å². The second kappa shape index (κ2) is 12.5. The van der Waals surface area contributed by atoms with Crippen molar-refractivity contribution in [3.8, 4) is 11.1 Å². The van der Waals surface area contributed by atoms with Crippen LogP contribution < -0.4 is 5.32 Å². The highest BCUT2D eigenvalue weighted by Crippen LogP contribution is 2.20. The number of hydrogen-bond acceptors (Lipinski definition) is 3. The Hall–Kier alpha value is -3.93. The lowest BCUT2D eigenvalue weighted by atomic mass is 10.0. The van der Waals surface area contributed by atoms with Crippen molar-refractivity contribution in [3.05, 3.63) is 90.3 Å². The molecule has 6 heteroatoms. The van der Waals surface area contributed by atoms with Crippen LogP contribution in [-0.2, 0) is 29.0 Å². The number of nitrogens with one attached hydrogen (secondary N) is 1. The molecule has 38 heavy (non-hydrogen) atoms. The Bertz CT molecular complexity index is 1360. The third-order valence-electron chi connectivity index (χ3n) is 7.31. The molecule has 1 aromatic heterocycles. The van der Waals surface area contributed by atoms with E-state index in [1.165, 1.54) is 5.56 Å². The van der Waals surface area contributed by atoms with Gasteiger partial charge in [-0.2, -0.15) is 0 Å². The molecule has 0 radical (unpaired) electrons. The number of nitrogens with zero attached hydrogens (tertiary/aromatic N) is 3. The lowest BCUT2D eigenvalue weighted by molar-refractivity contribution is -0.130. The zero-order valence-corrected chi connectivity index (χ0v) is 21.9. The van der Waals surface area contributed by atoms with E-state index in [0.717, 1.165) is 79.6 Å². The van der Waals surface area contributed by atoms with Gasteiger partial charge in [0.2, 0.25) is 11.8 Å². The van der Waals surface area contributed by atoms with Crippen molar-refractivity contribution in [1.29, 1.82) is 0 Å². The number of unbranched alkanes of at least 4 members (excludes halogenated alkanes) is 2. The van der Waals surface area contributed by atoms with Gasteiger partial charge in [-0.15, -0.1) is 0 Å². The predicted octanol–water partition coefficient (Wildman–Crippen LogP) is 5.40. The summed E-state index contributed by atoms with van der Waals surface area (Å²) in [7, 11) is 0. The largest absolute Gasteiger partial charge is 0.356 e. The molecule has 0 bridgehead atoms. The Balaban J connectivity index is 1.06. The van der Waals surface area contributed by atoms with Crippen LogP contribution in [0.4, 0.5) is 0 Å². The molecule has 0 saturated carbocycles. The number of aryl methyl sites for hydroxylation is 1. The van der Waals surface area contributed by atoms with Gasteiger partial charge in [-0.3, -0.25) is 9.59 Å². The van der Waals surface area contributed by atoms with Crippen molar-refractivity contribution in [2.75, 3.05) is 19.6 Å². The molecule has 1 aliphatic heterocycles. The van der Waals surface area contributed by atoms with E-state index >= 15 is 0 Å². The van der Waals surface area contributed by atoms with Crippen LogP contribution in [0.25, 0.3) is 22.2 Å². The molecule has 1 N–H and O–H groups in total. The normalized spacial score (nSPS) is 13.2. The van der Waals surface area contributed by atoms with Crippen LogP contribution in [0.3, 0.4) is 0 Å². The minimum Gasteiger partial charge on any atom is -0.356 e. The first kappa shape index (κ1) is 25.7. The first-order chi connectivity index (χ1) is 18.7. The van der Waals surface area contributed by atoms with Crippen molar-refractivity contribution in [3.63, 3.8) is 0 Å². The maximum Gasteiger partial charge on any atom is 0.242 e. The highest BCUT2D eigenvalue weighted by molar-refractivity contribution is 5.81. The molecule has 196 valence electrons. The number of benzene rings is 3. The van der Waals surface area contributed by atoms with Gasteiger partial charge in [0.25, 0.3) is 0 Å². The number of imidazole rings is 1. The number of amides is 2. The molecule has 2 amide bonds. The Labute approximate surface area is 224 Å². The van der Waals surface area contributed by atoms with Crippen molar-refractivity contribution in [1.82, 2.24) is 19.8 Å². The number of carbonyl (C=O) groups excluding carboxylic acids is 2. The Morgan fingerprint density at radius 3 is 2.29 bits per heavy atom. The molecule has 1 aliphatic rings. The first-order valence-electron chi connectivity index (χ1n) is 13.8. The third-order valence-corrected chi connectivity index (χ3v) is 7.31. The zero-order valence-electron chi connectivity index (χ0n) is 21.9. The molecule has 0 aliphatic carbocycles. The second-order valence-corrected chi connectivity index (χ2v) is 10.1. The molecule has 1 saturated heterocycles. The highest BCUT2D eigenvalue weighted by Gasteiger charge is 2.20. The summed E-state index contributed by atoms with van der Waals surface area (Å²) in [6.07, 6.45) is 6.30. The van der Waals surface area contributed by atoms with E-state index in [-0.39, 0.29) is 11.8 Å². The summed E-state index contributed by atoms with van der Waals surface area (Å²) in [5.41, 5.74) is 5.32. The summed E-state index contributed by atoms with van der Waals surface area (Å²) in [4.78, 5) is 32.1. The lowest BCUT2D eigenvalue weighted by Crippen LogP contribution is -2.31. The van der Waals surface area contributed by atoms with Crippen molar-refractivity contribution in [2.24, 2.45) is 0 Å². The van der Waals surface area contributed by atoms with Gasteiger partial charge >= 0.3 is 0 Å². The molecule has 2 heterocycles. The summed E-state index contributed by atoms with van der Waals surface area (Å²) in [6, 6.07) is 26.5. The van der Waals surface area contributed by atoms with E-state index in [4.69, 9.17) is 4.98 Å². The quantitative estimate of drug-likeness (QED) is 0.276. The molecule has 0 unspecified atom stereocenters. The summed E-state index contributed by atoms with van der Waals surface area (Å²) >= 11 is 0. The van der Waals surface area contributed by atoms with E-state index in [0.29, 0.717) is 19.5 Å². The van der Waals surface area contributed by atoms with Crippen LogP contribution in [0.1, 0.15) is 43.5 Å². The Morgan fingerprint density at radius 2 is 1.50 bits per heavy atom. The van der Waals surface area contributed by atoms with E-state index in [9.17, 15) is 9.59 Å². The van der Waals surface area contributed by atoms with Crippen LogP contribution in [0.15, 0.2) is 78.9 Å². The van der Waals surface area contributed by atoms with Crippen LogP contribution in [0, 0.1) is 0 Å². The number of aromatic nitrogens is 2. The first-order valence-corrected chi connectivity index (χ1v) is 13.8. The summed E-state index contributed by atoms with van der Waals surface area (Å²) in [5.74, 6) is 1.21. The monoisotopic (exact) mass is 508 g/mol. The third kappa shape index (κ3) is 6.49. The number of rotatable bonds is 11. The molecule has 5 rings (SSSR count). The maximum atomic E-state index is 12.8. The Morgan fingerprint density at radius 1 is 0.789 bits per heavy atom. The fraction of sp³-hybridized carbons (Fsp3) is 0.344. The van der Waals surface area contributed by atoms with Gasteiger partial charge in [0.05, 0.1) is 17.5 Å². The topological polar surface area (TPSA) is 67.2 Å². The van der Waals surface area contributed by atoms with Crippen LogP contribution in [-0.4, -0.2) is 45.9 Å². The number of fused-ring (bicyclic) bond motifs is 1. The van der Waals surface area contributed by atoms with E-state index in [2.05, 4.69) is 34.1 Å². The van der Waals surface area contributed by atoms with Gasteiger partial charge in [-0.1, -0.05) is 73.2 Å². The minimum atomic E-state index is 0.0553. The number of hydrogen-bond donors (Lipinski definition) is 1. The molecule has 6 nitrogen and oxygen atoms in total. The molecule has 0 atom stereocenters. The maximum absolute atomic E-state index is 12.8. The summed E-state index contributed by atoms with van der Waals surface area (Å²) < 4.78 is 2.10. The van der Waals surface area contributed by atoms with Crippen LogP contribution in [0.5, 0.6) is 0 Å². The number of para-hydroxylation sites is 2. The van der Waals surface area contributed by atoms with Gasteiger partial charge in [-0.05, 0) is 54.5 Å². The van der Waals surface area contributed by atoms with Crippen LogP contribution in [0.2, 0.25) is 0 Å². The smallest absolute Gasteiger partial charge is 0.242 e.